The average Bonchev–Trinajstić information content (AvgIpc) is 2.50. The van der Waals surface area contributed by atoms with Gasteiger partial charge in [0.05, 0.1) is 0 Å². The number of fused-ring (bicyclic) bond motifs is 1. The fourth-order valence-electron chi connectivity index (χ4n) is 1.75. The van der Waals surface area contributed by atoms with Gasteiger partial charge in [0.15, 0.2) is 0 Å². The number of amides is 1. The number of aliphatic hydroxyl groups is 1. The van der Waals surface area contributed by atoms with Crippen LogP contribution in [0, 0.1) is 0 Å². The van der Waals surface area contributed by atoms with E-state index in [9.17, 15) is 9.90 Å². The molecular weight excluding hydrogens is 220 g/mol. The van der Waals surface area contributed by atoms with Crippen molar-refractivity contribution in [2.75, 3.05) is 4.90 Å². The molecule has 0 radical (unpaired) electrons. The quantitative estimate of drug-likeness (QED) is 0.744. The Morgan fingerprint density at radius 1 is 1.59 bits per heavy atom. The van der Waals surface area contributed by atoms with Gasteiger partial charge in [0.2, 0.25) is 0 Å². The fourth-order valence-corrected chi connectivity index (χ4v) is 1.75. The van der Waals surface area contributed by atoms with Crippen molar-refractivity contribution in [3.05, 3.63) is 23.9 Å². The summed E-state index contributed by atoms with van der Waals surface area (Å²) >= 11 is 0. The number of carbonyl (C=O) groups excluding carboxylic acids is 1. The van der Waals surface area contributed by atoms with Crippen molar-refractivity contribution in [2.45, 2.75) is 39.0 Å². The first kappa shape index (κ1) is 11.9. The molecule has 92 valence electrons. The van der Waals surface area contributed by atoms with Crippen LogP contribution >= 0.6 is 0 Å². The number of nitrogens with zero attached hydrogens (tertiary/aromatic N) is 2. The molecule has 1 aromatic rings. The zero-order valence-electron chi connectivity index (χ0n) is 10.2. The highest BCUT2D eigenvalue weighted by molar-refractivity contribution is 5.89. The molecule has 1 unspecified atom stereocenters. The first-order valence-electron chi connectivity index (χ1n) is 5.52. The van der Waals surface area contributed by atoms with Crippen LogP contribution in [0.15, 0.2) is 18.3 Å². The van der Waals surface area contributed by atoms with Crippen molar-refractivity contribution < 1.29 is 14.6 Å². The van der Waals surface area contributed by atoms with Crippen LogP contribution in [0.25, 0.3) is 0 Å². The van der Waals surface area contributed by atoms with E-state index < -0.39 is 17.9 Å². The Bertz CT molecular complexity index is 440. The average molecular weight is 236 g/mol. The molecule has 2 rings (SSSR count). The molecule has 1 atom stereocenters. The van der Waals surface area contributed by atoms with E-state index in [0.29, 0.717) is 12.2 Å². The van der Waals surface area contributed by atoms with Crippen molar-refractivity contribution in [1.29, 1.82) is 0 Å². The molecule has 5 nitrogen and oxygen atoms in total. The summed E-state index contributed by atoms with van der Waals surface area (Å²) in [7, 11) is 0. The van der Waals surface area contributed by atoms with E-state index in [-0.39, 0.29) is 0 Å². The van der Waals surface area contributed by atoms with E-state index in [4.69, 9.17) is 4.74 Å². The molecule has 1 aliphatic heterocycles. The van der Waals surface area contributed by atoms with E-state index in [2.05, 4.69) is 4.98 Å². The molecule has 5 heteroatoms. The number of rotatable bonds is 0. The van der Waals surface area contributed by atoms with E-state index >= 15 is 0 Å². The Labute approximate surface area is 100 Å². The zero-order chi connectivity index (χ0) is 12.6. The third kappa shape index (κ3) is 2.39. The van der Waals surface area contributed by atoms with Crippen molar-refractivity contribution in [3.8, 4) is 0 Å². The monoisotopic (exact) mass is 236 g/mol. The lowest BCUT2D eigenvalue weighted by molar-refractivity contribution is 0.0488. The Morgan fingerprint density at radius 2 is 2.29 bits per heavy atom. The number of pyridine rings is 1. The summed E-state index contributed by atoms with van der Waals surface area (Å²) in [5.41, 5.74) is 0.264. The van der Waals surface area contributed by atoms with Crippen molar-refractivity contribution in [2.24, 2.45) is 0 Å². The smallest absolute Gasteiger partial charge is 0.418 e. The number of hydrogen-bond donors (Lipinski definition) is 1. The number of hydrogen-bond acceptors (Lipinski definition) is 4. The Balaban J connectivity index is 2.25. The lowest BCUT2D eigenvalue weighted by Gasteiger charge is -2.26. The molecule has 17 heavy (non-hydrogen) atoms. The van der Waals surface area contributed by atoms with Crippen LogP contribution in [-0.2, 0) is 11.2 Å². The van der Waals surface area contributed by atoms with Gasteiger partial charge in [-0.25, -0.2) is 14.7 Å². The maximum absolute atomic E-state index is 11.9. The minimum atomic E-state index is -0.894. The number of aromatic nitrogens is 1. The second-order valence-electron chi connectivity index (χ2n) is 5.02. The number of carbonyl (C=O) groups is 1. The van der Waals surface area contributed by atoms with E-state index in [1.165, 1.54) is 4.90 Å². The van der Waals surface area contributed by atoms with Crippen molar-refractivity contribution >= 4 is 11.9 Å². The highest BCUT2D eigenvalue weighted by Gasteiger charge is 2.36. The summed E-state index contributed by atoms with van der Waals surface area (Å²) in [6, 6.07) is 3.63. The maximum Gasteiger partial charge on any atom is 0.418 e. The number of anilines is 1. The van der Waals surface area contributed by atoms with E-state index in [1.807, 2.05) is 6.07 Å². The summed E-state index contributed by atoms with van der Waals surface area (Å²) in [6.45, 7) is 5.35. The van der Waals surface area contributed by atoms with Crippen molar-refractivity contribution in [3.63, 3.8) is 0 Å². The molecule has 0 spiro atoms. The van der Waals surface area contributed by atoms with Gasteiger partial charge in [-0.2, -0.15) is 0 Å². The maximum atomic E-state index is 11.9. The number of aliphatic hydroxyl groups excluding tert-OH is 1. The molecular formula is C12H16N2O3. The summed E-state index contributed by atoms with van der Waals surface area (Å²) in [5.74, 6) is 0.481. The van der Waals surface area contributed by atoms with Gasteiger partial charge in [0.1, 0.15) is 17.6 Å². The minimum absolute atomic E-state index is 0.391. The van der Waals surface area contributed by atoms with Gasteiger partial charge in [-0.15, -0.1) is 0 Å². The predicted molar refractivity (Wildman–Crippen MR) is 62.7 cm³/mol. The van der Waals surface area contributed by atoms with Gasteiger partial charge in [-0.1, -0.05) is 6.07 Å². The highest BCUT2D eigenvalue weighted by Crippen LogP contribution is 2.29. The van der Waals surface area contributed by atoms with Gasteiger partial charge >= 0.3 is 6.09 Å². The summed E-state index contributed by atoms with van der Waals surface area (Å²) in [6.07, 6.45) is 0.522. The fraction of sp³-hybridized carbons (Fsp3) is 0.500. The lowest BCUT2D eigenvalue weighted by atomic mass is 10.2. The van der Waals surface area contributed by atoms with Crippen LogP contribution in [-0.4, -0.2) is 28.0 Å². The Kier molecular flexibility index (Phi) is 2.79. The van der Waals surface area contributed by atoms with E-state index in [0.717, 1.165) is 5.56 Å². The largest absolute Gasteiger partial charge is 0.443 e. The third-order valence-corrected chi connectivity index (χ3v) is 2.39. The van der Waals surface area contributed by atoms with Gasteiger partial charge < -0.3 is 9.84 Å². The topological polar surface area (TPSA) is 62.7 Å². The Morgan fingerprint density at radius 3 is 2.94 bits per heavy atom. The molecule has 0 aromatic carbocycles. The normalized spacial score (nSPS) is 19.1. The molecule has 0 fully saturated rings. The number of ether oxygens (including phenoxy) is 1. The molecule has 0 bridgehead atoms. The molecule has 2 heterocycles. The summed E-state index contributed by atoms with van der Waals surface area (Å²) in [5, 5.41) is 9.86. The second kappa shape index (κ2) is 4.00. The zero-order valence-corrected chi connectivity index (χ0v) is 10.2. The van der Waals surface area contributed by atoms with Crippen LogP contribution in [0.1, 0.15) is 26.3 Å². The molecule has 0 saturated heterocycles. The van der Waals surface area contributed by atoms with Crippen LogP contribution in [0.2, 0.25) is 0 Å². The molecule has 1 N–H and O–H groups in total. The summed E-state index contributed by atoms with van der Waals surface area (Å²) < 4.78 is 5.24. The second-order valence-corrected chi connectivity index (χ2v) is 5.02. The molecule has 1 aromatic heterocycles. The van der Waals surface area contributed by atoms with Gasteiger partial charge in [0, 0.05) is 12.6 Å². The van der Waals surface area contributed by atoms with Gasteiger partial charge in [-0.05, 0) is 32.4 Å². The van der Waals surface area contributed by atoms with Gasteiger partial charge in [-0.3, -0.25) is 0 Å². The molecule has 1 aliphatic rings. The van der Waals surface area contributed by atoms with Crippen LogP contribution in [0.3, 0.4) is 0 Å². The van der Waals surface area contributed by atoms with Crippen LogP contribution in [0.4, 0.5) is 10.6 Å². The predicted octanol–water partition coefficient (Wildman–Crippen LogP) is 1.70. The first-order chi connectivity index (χ1) is 7.88. The minimum Gasteiger partial charge on any atom is -0.443 e. The van der Waals surface area contributed by atoms with E-state index in [1.54, 1.807) is 33.0 Å². The Hall–Kier alpha value is -1.62. The molecule has 1 amide bonds. The third-order valence-electron chi connectivity index (χ3n) is 2.39. The molecule has 0 saturated carbocycles. The lowest BCUT2D eigenvalue weighted by Crippen LogP contribution is -2.41. The van der Waals surface area contributed by atoms with Crippen LogP contribution < -0.4 is 4.90 Å². The van der Waals surface area contributed by atoms with Crippen molar-refractivity contribution in [1.82, 2.24) is 4.98 Å². The van der Waals surface area contributed by atoms with Gasteiger partial charge in [0.25, 0.3) is 0 Å². The SMILES string of the molecule is CC(C)(C)OC(=O)N1c2ncccc2CC1O. The highest BCUT2D eigenvalue weighted by atomic mass is 16.6. The summed E-state index contributed by atoms with van der Waals surface area (Å²) in [4.78, 5) is 17.2. The first-order valence-corrected chi connectivity index (χ1v) is 5.52. The molecule has 0 aliphatic carbocycles. The standard InChI is InChI=1S/C12H16N2O3/c1-12(2,3)17-11(16)14-9(15)7-8-5-4-6-13-10(8)14/h4-6,9,15H,7H2,1-3H3. The van der Waals surface area contributed by atoms with Crippen LogP contribution in [0.5, 0.6) is 0 Å².